The number of nitro benzene ring substituents is 1. The number of hydrogen-bond acceptors (Lipinski definition) is 5. The van der Waals surface area contributed by atoms with Gasteiger partial charge in [-0.15, -0.1) is 0 Å². The van der Waals surface area contributed by atoms with E-state index in [1.807, 2.05) is 0 Å². The second kappa shape index (κ2) is 7.88. The van der Waals surface area contributed by atoms with E-state index < -0.39 is 10.9 Å². The number of amides is 1. The molecule has 0 atom stereocenters. The van der Waals surface area contributed by atoms with Gasteiger partial charge in [0.1, 0.15) is 0 Å². The van der Waals surface area contributed by atoms with E-state index in [1.54, 1.807) is 25.1 Å². The molecule has 1 aromatic rings. The molecule has 7 heteroatoms. The predicted octanol–water partition coefficient (Wildman–Crippen LogP) is 1.55. The average molecular weight is 280 g/mol. The van der Waals surface area contributed by atoms with Crippen LogP contribution in [0.4, 0.5) is 5.69 Å². The van der Waals surface area contributed by atoms with Crippen LogP contribution in [0.25, 0.3) is 0 Å². The van der Waals surface area contributed by atoms with E-state index >= 15 is 0 Å². The van der Waals surface area contributed by atoms with Crippen LogP contribution in [0.5, 0.6) is 0 Å². The van der Waals surface area contributed by atoms with Gasteiger partial charge in [0.25, 0.3) is 5.69 Å². The molecule has 0 saturated carbocycles. The third-order valence-corrected chi connectivity index (χ3v) is 2.53. The fourth-order valence-electron chi connectivity index (χ4n) is 1.57. The first kappa shape index (κ1) is 15.6. The highest BCUT2D eigenvalue weighted by Gasteiger charge is 2.13. The number of nitrogens with zero attached hydrogens (tertiary/aromatic N) is 1. The molecule has 0 unspecified atom stereocenters. The largest absolute Gasteiger partial charge is 0.466 e. The molecule has 7 nitrogen and oxygen atoms in total. The monoisotopic (exact) mass is 280 g/mol. The molecule has 0 fully saturated rings. The summed E-state index contributed by atoms with van der Waals surface area (Å²) in [5, 5.41) is 13.3. The third kappa shape index (κ3) is 5.05. The van der Waals surface area contributed by atoms with E-state index in [0.717, 1.165) is 0 Å². The molecule has 1 rings (SSSR count). The van der Waals surface area contributed by atoms with Gasteiger partial charge in [0.05, 0.1) is 18.0 Å². The number of benzene rings is 1. The number of carbonyl (C=O) groups excluding carboxylic acids is 2. The van der Waals surface area contributed by atoms with Crippen molar-refractivity contribution in [3.63, 3.8) is 0 Å². The van der Waals surface area contributed by atoms with Crippen LogP contribution < -0.4 is 5.32 Å². The van der Waals surface area contributed by atoms with E-state index in [1.165, 1.54) is 6.07 Å². The smallest absolute Gasteiger partial charge is 0.306 e. The molecule has 20 heavy (non-hydrogen) atoms. The van der Waals surface area contributed by atoms with Crippen molar-refractivity contribution in [1.82, 2.24) is 5.32 Å². The van der Waals surface area contributed by atoms with Crippen LogP contribution in [0.3, 0.4) is 0 Å². The molecule has 0 radical (unpaired) electrons. The number of carbonyl (C=O) groups is 2. The van der Waals surface area contributed by atoms with Crippen molar-refractivity contribution < 1.29 is 19.2 Å². The molecular weight excluding hydrogens is 264 g/mol. The van der Waals surface area contributed by atoms with Crippen LogP contribution in [0, 0.1) is 10.1 Å². The zero-order chi connectivity index (χ0) is 15.0. The minimum absolute atomic E-state index is 0.000531. The van der Waals surface area contributed by atoms with E-state index in [9.17, 15) is 19.7 Å². The van der Waals surface area contributed by atoms with Crippen LogP contribution in [0.2, 0.25) is 0 Å². The molecule has 0 saturated heterocycles. The Morgan fingerprint density at radius 1 is 1.30 bits per heavy atom. The SMILES string of the molecule is CCOC(=O)CCC(=O)NCc1ccccc1[N+](=O)[O-]. The van der Waals surface area contributed by atoms with E-state index in [4.69, 9.17) is 4.74 Å². The molecule has 0 bridgehead atoms. The molecule has 0 aliphatic carbocycles. The van der Waals surface area contributed by atoms with E-state index in [-0.39, 0.29) is 37.6 Å². The molecule has 0 heterocycles. The molecule has 0 aliphatic rings. The Bertz CT molecular complexity index is 501. The van der Waals surface area contributed by atoms with Gasteiger partial charge in [-0.25, -0.2) is 0 Å². The molecule has 108 valence electrons. The zero-order valence-electron chi connectivity index (χ0n) is 11.1. The number of para-hydroxylation sites is 1. The minimum Gasteiger partial charge on any atom is -0.466 e. The van der Waals surface area contributed by atoms with Gasteiger partial charge in [-0.05, 0) is 6.92 Å². The average Bonchev–Trinajstić information content (AvgIpc) is 2.43. The van der Waals surface area contributed by atoms with Crippen molar-refractivity contribution in [3.05, 3.63) is 39.9 Å². The number of esters is 1. The first-order valence-corrected chi connectivity index (χ1v) is 6.19. The summed E-state index contributed by atoms with van der Waals surface area (Å²) in [6, 6.07) is 6.17. The predicted molar refractivity (Wildman–Crippen MR) is 70.8 cm³/mol. The maximum Gasteiger partial charge on any atom is 0.306 e. The van der Waals surface area contributed by atoms with E-state index in [2.05, 4.69) is 5.32 Å². The summed E-state index contributed by atoms with van der Waals surface area (Å²) in [6.07, 6.45) is -0.00395. The molecule has 1 N–H and O–H groups in total. The highest BCUT2D eigenvalue weighted by molar-refractivity contribution is 5.81. The van der Waals surface area contributed by atoms with Gasteiger partial charge in [-0.2, -0.15) is 0 Å². The Labute approximate surface area is 116 Å². The number of ether oxygens (including phenoxy) is 1. The van der Waals surface area contributed by atoms with Crippen LogP contribution in [0.15, 0.2) is 24.3 Å². The summed E-state index contributed by atoms with van der Waals surface area (Å²) in [6.45, 7) is 2.02. The topological polar surface area (TPSA) is 98.5 Å². The summed E-state index contributed by atoms with van der Waals surface area (Å²) < 4.78 is 4.70. The lowest BCUT2D eigenvalue weighted by molar-refractivity contribution is -0.385. The second-order valence-corrected chi connectivity index (χ2v) is 3.97. The first-order chi connectivity index (χ1) is 9.54. The Kier molecular flexibility index (Phi) is 6.15. The molecule has 1 amide bonds. The summed E-state index contributed by atoms with van der Waals surface area (Å²) in [5.41, 5.74) is 0.375. The summed E-state index contributed by atoms with van der Waals surface area (Å²) in [7, 11) is 0. The summed E-state index contributed by atoms with van der Waals surface area (Å²) >= 11 is 0. The summed E-state index contributed by atoms with van der Waals surface area (Å²) in [4.78, 5) is 32.9. The maximum atomic E-state index is 11.5. The highest BCUT2D eigenvalue weighted by atomic mass is 16.6. The minimum atomic E-state index is -0.500. The Morgan fingerprint density at radius 3 is 2.65 bits per heavy atom. The lowest BCUT2D eigenvalue weighted by Gasteiger charge is -2.06. The van der Waals surface area contributed by atoms with Crippen molar-refractivity contribution in [3.8, 4) is 0 Å². The first-order valence-electron chi connectivity index (χ1n) is 6.19. The van der Waals surface area contributed by atoms with Gasteiger partial charge < -0.3 is 10.1 Å². The molecule has 0 aromatic heterocycles. The Balaban J connectivity index is 2.45. The standard InChI is InChI=1S/C13H16N2O5/c1-2-20-13(17)8-7-12(16)14-9-10-5-3-4-6-11(10)15(18)19/h3-6H,2,7-9H2,1H3,(H,14,16). The Morgan fingerprint density at radius 2 is 2.00 bits per heavy atom. The van der Waals surface area contributed by atoms with E-state index in [0.29, 0.717) is 5.56 Å². The van der Waals surface area contributed by atoms with Gasteiger partial charge in [-0.3, -0.25) is 19.7 Å². The van der Waals surface area contributed by atoms with Crippen molar-refractivity contribution in [2.45, 2.75) is 26.3 Å². The van der Waals surface area contributed by atoms with Crippen molar-refractivity contribution in [2.75, 3.05) is 6.61 Å². The van der Waals surface area contributed by atoms with Gasteiger partial charge in [0.15, 0.2) is 0 Å². The molecule has 0 spiro atoms. The number of nitro groups is 1. The zero-order valence-corrected chi connectivity index (χ0v) is 11.1. The summed E-state index contributed by atoms with van der Waals surface area (Å²) in [5.74, 6) is -0.787. The number of nitrogens with one attached hydrogen (secondary N) is 1. The van der Waals surface area contributed by atoms with Crippen LogP contribution in [-0.4, -0.2) is 23.4 Å². The van der Waals surface area contributed by atoms with Crippen LogP contribution >= 0.6 is 0 Å². The van der Waals surface area contributed by atoms with Gasteiger partial charge >= 0.3 is 5.97 Å². The number of rotatable bonds is 7. The fraction of sp³-hybridized carbons (Fsp3) is 0.385. The second-order valence-electron chi connectivity index (χ2n) is 3.97. The lowest BCUT2D eigenvalue weighted by atomic mass is 10.2. The van der Waals surface area contributed by atoms with Crippen LogP contribution in [-0.2, 0) is 20.9 Å². The fourth-order valence-corrected chi connectivity index (χ4v) is 1.57. The molecule has 1 aromatic carbocycles. The molecular formula is C13H16N2O5. The van der Waals surface area contributed by atoms with Gasteiger partial charge in [0, 0.05) is 24.6 Å². The van der Waals surface area contributed by atoms with Crippen molar-refractivity contribution in [2.24, 2.45) is 0 Å². The van der Waals surface area contributed by atoms with Gasteiger partial charge in [0.2, 0.25) is 5.91 Å². The van der Waals surface area contributed by atoms with Crippen LogP contribution in [0.1, 0.15) is 25.3 Å². The van der Waals surface area contributed by atoms with Gasteiger partial charge in [-0.1, -0.05) is 18.2 Å². The van der Waals surface area contributed by atoms with Crippen molar-refractivity contribution in [1.29, 1.82) is 0 Å². The lowest BCUT2D eigenvalue weighted by Crippen LogP contribution is -2.24. The number of hydrogen-bond donors (Lipinski definition) is 1. The maximum absolute atomic E-state index is 11.5. The van der Waals surface area contributed by atoms with Crippen molar-refractivity contribution >= 4 is 17.6 Å². The third-order valence-electron chi connectivity index (χ3n) is 2.53. The highest BCUT2D eigenvalue weighted by Crippen LogP contribution is 2.17. The normalized spacial score (nSPS) is 9.85. The molecule has 0 aliphatic heterocycles. The Hall–Kier alpha value is -2.44. The quantitative estimate of drug-likeness (QED) is 0.464.